The quantitative estimate of drug-likeness (QED) is 0.0529. The maximum Gasteiger partial charge on any atom is 0.229 e. The van der Waals surface area contributed by atoms with Crippen LogP contribution in [-0.2, 0) is 9.47 Å². The van der Waals surface area contributed by atoms with Crippen molar-refractivity contribution in [1.82, 2.24) is 24.8 Å². The molecule has 16 heteroatoms. The van der Waals surface area contributed by atoms with E-state index in [9.17, 15) is 10.2 Å². The molecule has 0 saturated heterocycles. The highest BCUT2D eigenvalue weighted by molar-refractivity contribution is 5.42. The van der Waals surface area contributed by atoms with Gasteiger partial charge in [-0.25, -0.2) is 0 Å². The highest BCUT2D eigenvalue weighted by Crippen LogP contribution is 2.10. The Kier molecular flexibility index (Phi) is 20.5. The summed E-state index contributed by atoms with van der Waals surface area (Å²) in [6.45, 7) is 10.6. The largest absolute Gasteiger partial charge is 0.389 e. The van der Waals surface area contributed by atoms with Crippen LogP contribution in [0.15, 0.2) is 0 Å². The van der Waals surface area contributed by atoms with Crippen LogP contribution in [0.5, 0.6) is 0 Å². The molecule has 0 aliphatic rings. The summed E-state index contributed by atoms with van der Waals surface area (Å²) < 4.78 is 10.5. The molecule has 0 radical (unpaired) electrons. The van der Waals surface area contributed by atoms with Crippen molar-refractivity contribution in [3.05, 3.63) is 0 Å². The van der Waals surface area contributed by atoms with Crippen LogP contribution in [-0.4, -0.2) is 159 Å². The molecule has 1 rings (SSSR count). The van der Waals surface area contributed by atoms with Crippen LogP contribution >= 0.6 is 0 Å². The zero-order valence-electron chi connectivity index (χ0n) is 23.4. The number of hydrogen-bond donors (Lipinski definition) is 9. The molecular weight excluding hydrogens is 508 g/mol. The normalized spacial score (nSPS) is 13.2. The van der Waals surface area contributed by atoms with Crippen molar-refractivity contribution in [2.75, 3.05) is 127 Å². The first kappa shape index (κ1) is 35.0. The van der Waals surface area contributed by atoms with Gasteiger partial charge < -0.3 is 58.6 Å². The van der Waals surface area contributed by atoms with Crippen molar-refractivity contribution >= 4 is 17.8 Å². The Labute approximate surface area is 232 Å². The van der Waals surface area contributed by atoms with Crippen LogP contribution in [0.4, 0.5) is 17.8 Å². The summed E-state index contributed by atoms with van der Waals surface area (Å²) >= 11 is 0. The van der Waals surface area contributed by atoms with Gasteiger partial charge in [0, 0.05) is 91.7 Å². The molecule has 16 nitrogen and oxygen atoms in total. The Morgan fingerprint density at radius 2 is 1.05 bits per heavy atom. The Balaban J connectivity index is 2.73. The Morgan fingerprint density at radius 3 is 1.49 bits per heavy atom. The first-order valence-electron chi connectivity index (χ1n) is 13.7. The molecular formula is C23H52N12O4. The number of nitrogens with zero attached hydrogens (tertiary/aromatic N) is 5. The second-order valence-electron chi connectivity index (χ2n) is 8.88. The Morgan fingerprint density at radius 1 is 0.641 bits per heavy atom. The molecule has 0 saturated carbocycles. The lowest BCUT2D eigenvalue weighted by Crippen LogP contribution is -2.37. The van der Waals surface area contributed by atoms with E-state index in [1.807, 2.05) is 6.92 Å². The van der Waals surface area contributed by atoms with Crippen molar-refractivity contribution in [2.24, 2.45) is 22.9 Å². The minimum atomic E-state index is -0.837. The van der Waals surface area contributed by atoms with Gasteiger partial charge in [-0.3, -0.25) is 9.80 Å². The van der Waals surface area contributed by atoms with E-state index in [0.717, 1.165) is 39.3 Å². The van der Waals surface area contributed by atoms with Crippen LogP contribution in [0.1, 0.15) is 6.92 Å². The van der Waals surface area contributed by atoms with E-state index in [0.29, 0.717) is 63.7 Å². The predicted molar refractivity (Wildman–Crippen MR) is 154 cm³/mol. The molecule has 39 heavy (non-hydrogen) atoms. The maximum absolute atomic E-state index is 10.3. The molecule has 0 aliphatic heterocycles. The fourth-order valence-electron chi connectivity index (χ4n) is 3.58. The molecule has 1 aromatic rings. The second kappa shape index (κ2) is 22.8. The first-order valence-corrected chi connectivity index (χ1v) is 13.7. The summed E-state index contributed by atoms with van der Waals surface area (Å²) in [4.78, 5) is 17.7. The fourth-order valence-corrected chi connectivity index (χ4v) is 3.58. The smallest absolute Gasteiger partial charge is 0.229 e. The molecule has 0 aromatic carbocycles. The van der Waals surface area contributed by atoms with Gasteiger partial charge >= 0.3 is 0 Å². The summed E-state index contributed by atoms with van der Waals surface area (Å²) in [6.07, 6.45) is -1.58. The predicted octanol–water partition coefficient (Wildman–Crippen LogP) is -3.68. The van der Waals surface area contributed by atoms with Crippen molar-refractivity contribution in [1.29, 1.82) is 0 Å². The molecule has 1 aromatic heterocycles. The number of aliphatic hydroxyl groups excluding tert-OH is 2. The molecule has 0 bridgehead atoms. The molecule has 13 N–H and O–H groups in total. The van der Waals surface area contributed by atoms with Crippen molar-refractivity contribution in [2.45, 2.75) is 19.1 Å². The van der Waals surface area contributed by atoms with Gasteiger partial charge in [-0.2, -0.15) is 15.0 Å². The molecule has 0 fully saturated rings. The highest BCUT2D eigenvalue weighted by Gasteiger charge is 2.12. The van der Waals surface area contributed by atoms with E-state index in [1.54, 1.807) is 0 Å². The molecule has 228 valence electrons. The number of anilines is 3. The third kappa shape index (κ3) is 17.3. The van der Waals surface area contributed by atoms with E-state index >= 15 is 0 Å². The Hall–Kier alpha value is -1.99. The minimum Gasteiger partial charge on any atom is -0.389 e. The maximum atomic E-state index is 10.3. The average Bonchev–Trinajstić information content (AvgIpc) is 2.91. The van der Waals surface area contributed by atoms with Crippen molar-refractivity contribution in [3.63, 3.8) is 0 Å². The number of aromatic nitrogens is 3. The zero-order chi connectivity index (χ0) is 28.7. The molecule has 1 heterocycles. The Bertz CT molecular complexity index is 671. The third-order valence-corrected chi connectivity index (χ3v) is 5.47. The van der Waals surface area contributed by atoms with E-state index in [-0.39, 0.29) is 26.4 Å². The average molecular weight is 561 g/mol. The van der Waals surface area contributed by atoms with Crippen LogP contribution in [0.3, 0.4) is 0 Å². The first-order chi connectivity index (χ1) is 18.9. The summed E-state index contributed by atoms with van der Waals surface area (Å²) in [5.41, 5.74) is 22.8. The summed E-state index contributed by atoms with van der Waals surface area (Å²) in [6, 6.07) is 0. The van der Waals surface area contributed by atoms with Gasteiger partial charge in [-0.15, -0.1) is 0 Å². The summed E-state index contributed by atoms with van der Waals surface area (Å²) in [5.74, 6) is 1.08. The monoisotopic (exact) mass is 560 g/mol. The van der Waals surface area contributed by atoms with E-state index in [2.05, 4.69) is 40.7 Å². The highest BCUT2D eigenvalue weighted by atomic mass is 16.5. The van der Waals surface area contributed by atoms with E-state index in [1.165, 1.54) is 0 Å². The van der Waals surface area contributed by atoms with Gasteiger partial charge in [0.2, 0.25) is 17.8 Å². The van der Waals surface area contributed by atoms with E-state index < -0.39 is 12.2 Å². The van der Waals surface area contributed by atoms with Gasteiger partial charge in [-0.05, 0) is 6.92 Å². The summed E-state index contributed by atoms with van der Waals surface area (Å²) in [7, 11) is 0. The van der Waals surface area contributed by atoms with Gasteiger partial charge in [0.1, 0.15) is 6.10 Å². The SMILES string of the molecule is CCOCC(O)COCC(O)CNc1nc(NCCN(CCN)CCN)nc(NCCN(CCN)CCN)n1. The molecule has 0 aliphatic carbocycles. The molecule has 0 amide bonds. The number of ether oxygens (including phenoxy) is 2. The summed E-state index contributed by atoms with van der Waals surface area (Å²) in [5, 5.41) is 29.6. The number of aliphatic hydroxyl groups is 2. The molecule has 2 unspecified atom stereocenters. The van der Waals surface area contributed by atoms with Gasteiger partial charge in [-0.1, -0.05) is 0 Å². The fraction of sp³-hybridized carbons (Fsp3) is 0.870. The van der Waals surface area contributed by atoms with Gasteiger partial charge in [0.05, 0.1) is 25.9 Å². The van der Waals surface area contributed by atoms with Gasteiger partial charge in [0.25, 0.3) is 0 Å². The van der Waals surface area contributed by atoms with Crippen LogP contribution in [0.25, 0.3) is 0 Å². The lowest BCUT2D eigenvalue weighted by atomic mass is 10.3. The van der Waals surface area contributed by atoms with Gasteiger partial charge in [0.15, 0.2) is 0 Å². The zero-order valence-corrected chi connectivity index (χ0v) is 23.4. The van der Waals surface area contributed by atoms with Crippen molar-refractivity contribution in [3.8, 4) is 0 Å². The second-order valence-corrected chi connectivity index (χ2v) is 8.88. The van der Waals surface area contributed by atoms with Crippen LogP contribution in [0, 0.1) is 0 Å². The minimum absolute atomic E-state index is 0.0354. The van der Waals surface area contributed by atoms with Crippen LogP contribution in [0.2, 0.25) is 0 Å². The third-order valence-electron chi connectivity index (χ3n) is 5.47. The van der Waals surface area contributed by atoms with E-state index in [4.69, 9.17) is 32.4 Å². The lowest BCUT2D eigenvalue weighted by molar-refractivity contribution is -0.0353. The molecule has 2 atom stereocenters. The number of nitrogens with one attached hydrogen (secondary N) is 3. The standard InChI is InChI=1S/C23H52N12O4/c1-2-38-17-20(37)18-39-16-19(36)15-30-23-32-21(28-7-13-34(9-3-24)10-4-25)31-22(33-23)29-8-14-35(11-5-26)12-6-27/h19-20,36-37H,2-18,24-27H2,1H3,(H3,28,29,30,31,32,33). The van der Waals surface area contributed by atoms with Crippen molar-refractivity contribution < 1.29 is 19.7 Å². The topological polar surface area (TPSA) is 244 Å². The molecule has 0 spiro atoms. The van der Waals surface area contributed by atoms with Crippen LogP contribution < -0.4 is 38.9 Å². The number of hydrogen-bond acceptors (Lipinski definition) is 16. The lowest BCUT2D eigenvalue weighted by Gasteiger charge is -2.21. The number of rotatable bonds is 26. The number of nitrogens with two attached hydrogens (primary N) is 4.